The number of ether oxygens (including phenoxy) is 1. The highest BCUT2D eigenvalue weighted by Crippen LogP contribution is 2.31. The quantitative estimate of drug-likeness (QED) is 0.427. The van der Waals surface area contributed by atoms with Gasteiger partial charge in [-0.3, -0.25) is 9.59 Å². The molecule has 3 aromatic rings. The molecule has 2 N–H and O–H groups in total. The van der Waals surface area contributed by atoms with Gasteiger partial charge >= 0.3 is 0 Å². The van der Waals surface area contributed by atoms with Crippen molar-refractivity contribution in [2.45, 2.75) is 26.2 Å². The normalized spacial score (nSPS) is 11.0. The van der Waals surface area contributed by atoms with Crippen molar-refractivity contribution in [3.05, 3.63) is 88.1 Å². The van der Waals surface area contributed by atoms with Crippen LogP contribution in [0.2, 0.25) is 0 Å². The number of benzene rings is 3. The molecule has 0 saturated carbocycles. The fourth-order valence-corrected chi connectivity index (χ4v) is 3.39. The molecule has 0 saturated heterocycles. The van der Waals surface area contributed by atoms with Gasteiger partial charge in [0, 0.05) is 16.9 Å². The molecule has 0 fully saturated rings. The zero-order chi connectivity index (χ0) is 23.3. The molecule has 0 atom stereocenters. The largest absolute Gasteiger partial charge is 0.483 e. The van der Waals surface area contributed by atoms with Gasteiger partial charge in [0.05, 0.1) is 4.47 Å². The Morgan fingerprint density at radius 3 is 2.31 bits per heavy atom. The van der Waals surface area contributed by atoms with E-state index in [0.29, 0.717) is 22.7 Å². The fourth-order valence-electron chi connectivity index (χ4n) is 2.90. The molecule has 0 aliphatic carbocycles. The molecule has 166 valence electrons. The summed E-state index contributed by atoms with van der Waals surface area (Å²) >= 11 is 3.49. The van der Waals surface area contributed by atoms with Crippen LogP contribution in [0, 0.1) is 5.82 Å². The van der Waals surface area contributed by atoms with E-state index in [4.69, 9.17) is 4.74 Å². The van der Waals surface area contributed by atoms with Crippen molar-refractivity contribution in [1.82, 2.24) is 0 Å². The minimum atomic E-state index is -0.382. The molecular formula is C25H24BrFN2O3. The van der Waals surface area contributed by atoms with E-state index in [0.717, 1.165) is 10.0 Å². The van der Waals surface area contributed by atoms with Gasteiger partial charge in [0.25, 0.3) is 11.8 Å². The summed E-state index contributed by atoms with van der Waals surface area (Å²) < 4.78 is 19.4. The van der Waals surface area contributed by atoms with E-state index in [1.165, 1.54) is 24.3 Å². The number of rotatable bonds is 6. The average Bonchev–Trinajstić information content (AvgIpc) is 2.74. The molecule has 2 amide bonds. The molecule has 0 radical (unpaired) electrons. The van der Waals surface area contributed by atoms with Crippen LogP contribution in [0.4, 0.5) is 15.8 Å². The molecule has 5 nitrogen and oxygen atoms in total. The van der Waals surface area contributed by atoms with E-state index in [1.807, 2.05) is 18.2 Å². The Hall–Kier alpha value is -3.19. The Bertz CT molecular complexity index is 1120. The van der Waals surface area contributed by atoms with Crippen molar-refractivity contribution < 1.29 is 18.7 Å². The number of carbonyl (C=O) groups is 2. The Morgan fingerprint density at radius 1 is 0.938 bits per heavy atom. The third kappa shape index (κ3) is 6.40. The third-order valence-corrected chi connectivity index (χ3v) is 5.29. The van der Waals surface area contributed by atoms with E-state index in [2.05, 4.69) is 47.3 Å². The van der Waals surface area contributed by atoms with E-state index < -0.39 is 0 Å². The molecule has 0 heterocycles. The van der Waals surface area contributed by atoms with Gasteiger partial charge in [-0.15, -0.1) is 0 Å². The predicted octanol–water partition coefficient (Wildman–Crippen LogP) is 6.16. The van der Waals surface area contributed by atoms with Crippen LogP contribution >= 0.6 is 15.9 Å². The average molecular weight is 499 g/mol. The number of anilines is 2. The maximum Gasteiger partial charge on any atom is 0.262 e. The van der Waals surface area contributed by atoms with Crippen LogP contribution in [-0.2, 0) is 10.2 Å². The first-order chi connectivity index (χ1) is 15.1. The van der Waals surface area contributed by atoms with Gasteiger partial charge < -0.3 is 15.4 Å². The monoisotopic (exact) mass is 498 g/mol. The second-order valence-corrected chi connectivity index (χ2v) is 9.13. The van der Waals surface area contributed by atoms with E-state index in [-0.39, 0.29) is 29.7 Å². The highest BCUT2D eigenvalue weighted by Gasteiger charge is 2.16. The summed E-state index contributed by atoms with van der Waals surface area (Å²) in [5, 5.41) is 5.41. The minimum Gasteiger partial charge on any atom is -0.483 e. The van der Waals surface area contributed by atoms with Crippen LogP contribution in [0.5, 0.6) is 5.75 Å². The zero-order valence-electron chi connectivity index (χ0n) is 18.0. The van der Waals surface area contributed by atoms with Gasteiger partial charge in [0.2, 0.25) is 0 Å². The summed E-state index contributed by atoms with van der Waals surface area (Å²) in [6, 6.07) is 17.8. The summed E-state index contributed by atoms with van der Waals surface area (Å²) in [5.74, 6) is -0.535. The molecule has 0 unspecified atom stereocenters. The first-order valence-electron chi connectivity index (χ1n) is 10.0. The number of amides is 2. The van der Waals surface area contributed by atoms with Crippen LogP contribution in [0.1, 0.15) is 36.7 Å². The molecule has 0 aliphatic heterocycles. The van der Waals surface area contributed by atoms with Gasteiger partial charge in [-0.05, 0) is 81.5 Å². The summed E-state index contributed by atoms with van der Waals surface area (Å²) in [4.78, 5) is 24.8. The third-order valence-electron chi connectivity index (χ3n) is 4.67. The number of carbonyl (C=O) groups excluding carboxylic acids is 2. The predicted molar refractivity (Wildman–Crippen MR) is 128 cm³/mol. The Morgan fingerprint density at radius 2 is 1.66 bits per heavy atom. The first-order valence-corrected chi connectivity index (χ1v) is 10.8. The molecule has 3 aromatic carbocycles. The second-order valence-electron chi connectivity index (χ2n) is 8.27. The molecule has 0 aliphatic rings. The SMILES string of the molecule is CC(C)(C)c1ccc(OCC(=O)Nc2cccc(C(=O)Nc3ccc(F)cc3)c2)c(Br)c1. The van der Waals surface area contributed by atoms with Gasteiger partial charge in [0.1, 0.15) is 11.6 Å². The molecule has 0 spiro atoms. The highest BCUT2D eigenvalue weighted by molar-refractivity contribution is 9.10. The number of hydrogen-bond acceptors (Lipinski definition) is 3. The van der Waals surface area contributed by atoms with Crippen molar-refractivity contribution in [3.63, 3.8) is 0 Å². The second kappa shape index (κ2) is 9.96. The van der Waals surface area contributed by atoms with Crippen molar-refractivity contribution in [2.75, 3.05) is 17.2 Å². The van der Waals surface area contributed by atoms with Crippen molar-refractivity contribution in [1.29, 1.82) is 0 Å². The van der Waals surface area contributed by atoms with E-state index in [9.17, 15) is 14.0 Å². The smallest absolute Gasteiger partial charge is 0.262 e. The first kappa shape index (κ1) is 23.5. The van der Waals surface area contributed by atoms with Crippen LogP contribution in [0.15, 0.2) is 71.2 Å². The lowest BCUT2D eigenvalue weighted by molar-refractivity contribution is -0.118. The fraction of sp³-hybridized carbons (Fsp3) is 0.200. The Labute approximate surface area is 195 Å². The lowest BCUT2D eigenvalue weighted by Gasteiger charge is -2.20. The lowest BCUT2D eigenvalue weighted by Crippen LogP contribution is -2.21. The maximum absolute atomic E-state index is 13.0. The molecule has 32 heavy (non-hydrogen) atoms. The molecule has 7 heteroatoms. The van der Waals surface area contributed by atoms with Gasteiger partial charge in [0.15, 0.2) is 6.61 Å². The minimum absolute atomic E-state index is 0.00638. The lowest BCUT2D eigenvalue weighted by atomic mass is 9.87. The van der Waals surface area contributed by atoms with Crippen LogP contribution < -0.4 is 15.4 Å². The summed E-state index contributed by atoms with van der Waals surface area (Å²) in [6.07, 6.45) is 0. The number of halogens is 2. The molecule has 3 rings (SSSR count). The van der Waals surface area contributed by atoms with Crippen LogP contribution in [-0.4, -0.2) is 18.4 Å². The van der Waals surface area contributed by atoms with Gasteiger partial charge in [-0.1, -0.05) is 32.9 Å². The van der Waals surface area contributed by atoms with E-state index in [1.54, 1.807) is 24.3 Å². The van der Waals surface area contributed by atoms with Crippen molar-refractivity contribution in [2.24, 2.45) is 0 Å². The number of hydrogen-bond donors (Lipinski definition) is 2. The zero-order valence-corrected chi connectivity index (χ0v) is 19.6. The summed E-state index contributed by atoms with van der Waals surface area (Å²) in [6.45, 7) is 6.18. The standard InChI is InChI=1S/C25H24BrFN2O3/c1-25(2,3)17-7-12-22(21(26)14-17)32-15-23(30)28-20-6-4-5-16(13-20)24(31)29-19-10-8-18(27)9-11-19/h4-14H,15H2,1-3H3,(H,28,30)(H,29,31). The highest BCUT2D eigenvalue weighted by atomic mass is 79.9. The number of nitrogens with one attached hydrogen (secondary N) is 2. The summed E-state index contributed by atoms with van der Waals surface area (Å²) in [7, 11) is 0. The van der Waals surface area contributed by atoms with Crippen molar-refractivity contribution in [3.8, 4) is 5.75 Å². The van der Waals surface area contributed by atoms with E-state index >= 15 is 0 Å². The van der Waals surface area contributed by atoms with Crippen LogP contribution in [0.3, 0.4) is 0 Å². The molecule has 0 aromatic heterocycles. The van der Waals surface area contributed by atoms with Crippen LogP contribution in [0.25, 0.3) is 0 Å². The Balaban J connectivity index is 1.58. The Kier molecular flexibility index (Phi) is 7.30. The molecular weight excluding hydrogens is 475 g/mol. The van der Waals surface area contributed by atoms with Gasteiger partial charge in [-0.2, -0.15) is 0 Å². The summed E-state index contributed by atoms with van der Waals surface area (Å²) in [5.41, 5.74) is 2.45. The molecule has 0 bridgehead atoms. The van der Waals surface area contributed by atoms with Gasteiger partial charge in [-0.25, -0.2) is 4.39 Å². The topological polar surface area (TPSA) is 67.4 Å². The maximum atomic E-state index is 13.0. The van der Waals surface area contributed by atoms with Crippen molar-refractivity contribution >= 4 is 39.1 Å².